The molecule has 0 heterocycles. The third-order valence-corrected chi connectivity index (χ3v) is 1.69. The van der Waals surface area contributed by atoms with Gasteiger partial charge >= 0.3 is 0 Å². The second kappa shape index (κ2) is 4.25. The summed E-state index contributed by atoms with van der Waals surface area (Å²) in [5.74, 6) is -0.581. The van der Waals surface area contributed by atoms with Gasteiger partial charge in [-0.15, -0.1) is 0 Å². The number of halogens is 1. The summed E-state index contributed by atoms with van der Waals surface area (Å²) >= 11 is 0. The fourth-order valence-corrected chi connectivity index (χ4v) is 1.02. The van der Waals surface area contributed by atoms with Crippen molar-refractivity contribution in [3.8, 4) is 12.1 Å². The largest absolute Gasteiger partial charge is 0.369 e. The predicted molar refractivity (Wildman–Crippen MR) is 49.8 cm³/mol. The van der Waals surface area contributed by atoms with Crippen molar-refractivity contribution in [3.05, 3.63) is 29.6 Å². The monoisotopic (exact) mass is 189 g/mol. The Hall–Kier alpha value is -2.07. The summed E-state index contributed by atoms with van der Waals surface area (Å²) in [4.78, 5) is 0. The average Bonchev–Trinajstić information content (AvgIpc) is 2.18. The fraction of sp³-hybridized carbons (Fsp3) is 0.200. The highest BCUT2D eigenvalue weighted by Gasteiger charge is 2.08. The van der Waals surface area contributed by atoms with Crippen LogP contribution in [0.25, 0.3) is 0 Å². The van der Waals surface area contributed by atoms with Gasteiger partial charge in [0.15, 0.2) is 0 Å². The molecule has 0 saturated carbocycles. The molecule has 0 aromatic heterocycles. The van der Waals surface area contributed by atoms with Crippen molar-refractivity contribution in [2.45, 2.75) is 13.0 Å². The van der Waals surface area contributed by atoms with Crippen molar-refractivity contribution < 1.29 is 4.39 Å². The van der Waals surface area contributed by atoms with Crippen LogP contribution in [0, 0.1) is 28.5 Å². The summed E-state index contributed by atoms with van der Waals surface area (Å²) < 4.78 is 13.1. The molecule has 1 N–H and O–H groups in total. The Morgan fingerprint density at radius 2 is 2.14 bits per heavy atom. The summed E-state index contributed by atoms with van der Waals surface area (Å²) in [6.45, 7) is 1.63. The Bertz CT molecular complexity index is 414. The summed E-state index contributed by atoms with van der Waals surface area (Å²) in [7, 11) is 0. The molecule has 14 heavy (non-hydrogen) atoms. The second-order valence-corrected chi connectivity index (χ2v) is 2.77. The zero-order valence-corrected chi connectivity index (χ0v) is 7.58. The summed E-state index contributed by atoms with van der Waals surface area (Å²) in [6, 6.07) is 7.50. The first-order valence-corrected chi connectivity index (χ1v) is 4.03. The normalized spacial score (nSPS) is 11.1. The van der Waals surface area contributed by atoms with E-state index < -0.39 is 11.9 Å². The topological polar surface area (TPSA) is 59.6 Å². The van der Waals surface area contributed by atoms with Gasteiger partial charge in [0.2, 0.25) is 0 Å². The third kappa shape index (κ3) is 1.99. The molecule has 0 aliphatic carbocycles. The van der Waals surface area contributed by atoms with E-state index in [4.69, 9.17) is 10.5 Å². The van der Waals surface area contributed by atoms with Crippen LogP contribution in [0.1, 0.15) is 12.5 Å². The SMILES string of the molecule is CC(C#N)Nc1cccc(F)c1C#N. The van der Waals surface area contributed by atoms with Crippen molar-refractivity contribution in [2.75, 3.05) is 5.32 Å². The van der Waals surface area contributed by atoms with Crippen molar-refractivity contribution >= 4 is 5.69 Å². The van der Waals surface area contributed by atoms with Crippen LogP contribution < -0.4 is 5.32 Å². The molecule has 1 unspecified atom stereocenters. The first-order chi connectivity index (χ1) is 6.69. The van der Waals surface area contributed by atoms with E-state index in [9.17, 15) is 4.39 Å². The lowest BCUT2D eigenvalue weighted by molar-refractivity contribution is 0.624. The van der Waals surface area contributed by atoms with Gasteiger partial charge < -0.3 is 5.32 Å². The standard InChI is InChI=1S/C10H8FN3/c1-7(5-12)14-10-4-2-3-9(11)8(10)6-13/h2-4,7,14H,1H3. The Morgan fingerprint density at radius 3 is 2.71 bits per heavy atom. The maximum absolute atomic E-state index is 13.1. The van der Waals surface area contributed by atoms with Crippen LogP contribution in [-0.4, -0.2) is 6.04 Å². The number of nitrogens with one attached hydrogen (secondary N) is 1. The van der Waals surface area contributed by atoms with Gasteiger partial charge in [-0.05, 0) is 19.1 Å². The molecule has 0 saturated heterocycles. The molecule has 1 rings (SSSR count). The Kier molecular flexibility index (Phi) is 3.04. The number of anilines is 1. The number of hydrogen-bond acceptors (Lipinski definition) is 3. The summed E-state index contributed by atoms with van der Waals surface area (Å²) in [5.41, 5.74) is 0.288. The van der Waals surface area contributed by atoms with Crippen LogP contribution in [0.4, 0.5) is 10.1 Å². The van der Waals surface area contributed by atoms with Crippen molar-refractivity contribution in [2.24, 2.45) is 0 Å². The number of benzene rings is 1. The van der Waals surface area contributed by atoms with Crippen molar-refractivity contribution in [1.82, 2.24) is 0 Å². The summed E-state index contributed by atoms with van der Waals surface area (Å²) in [6.07, 6.45) is 0. The molecule has 1 aromatic carbocycles. The van der Waals surface area contributed by atoms with Gasteiger partial charge in [-0.1, -0.05) is 6.07 Å². The highest BCUT2D eigenvalue weighted by Crippen LogP contribution is 2.18. The smallest absolute Gasteiger partial charge is 0.143 e. The highest BCUT2D eigenvalue weighted by atomic mass is 19.1. The van der Waals surface area contributed by atoms with E-state index in [1.165, 1.54) is 12.1 Å². The minimum Gasteiger partial charge on any atom is -0.369 e. The van der Waals surface area contributed by atoms with E-state index in [0.717, 1.165) is 0 Å². The number of rotatable bonds is 2. The average molecular weight is 189 g/mol. The number of nitriles is 2. The molecule has 0 radical (unpaired) electrons. The Labute approximate surface area is 81.4 Å². The first-order valence-electron chi connectivity index (χ1n) is 4.03. The number of hydrogen-bond donors (Lipinski definition) is 1. The Morgan fingerprint density at radius 1 is 1.43 bits per heavy atom. The van der Waals surface area contributed by atoms with Gasteiger partial charge in [0.05, 0.1) is 11.8 Å². The lowest BCUT2D eigenvalue weighted by Crippen LogP contribution is -2.13. The van der Waals surface area contributed by atoms with Crippen molar-refractivity contribution in [1.29, 1.82) is 10.5 Å². The molecule has 4 heteroatoms. The van der Waals surface area contributed by atoms with Crippen LogP contribution in [0.2, 0.25) is 0 Å². The first kappa shape index (κ1) is 10.0. The molecular formula is C10H8FN3. The van der Waals surface area contributed by atoms with E-state index in [1.807, 2.05) is 6.07 Å². The molecule has 0 amide bonds. The molecule has 0 aliphatic heterocycles. The molecule has 0 bridgehead atoms. The lowest BCUT2D eigenvalue weighted by atomic mass is 10.1. The third-order valence-electron chi connectivity index (χ3n) is 1.69. The predicted octanol–water partition coefficient (Wildman–Crippen LogP) is 2.02. The quantitative estimate of drug-likeness (QED) is 0.774. The van der Waals surface area contributed by atoms with Gasteiger partial charge in [-0.2, -0.15) is 10.5 Å². The highest BCUT2D eigenvalue weighted by molar-refractivity contribution is 5.58. The Balaban J connectivity index is 3.05. The van der Waals surface area contributed by atoms with Gasteiger partial charge in [-0.3, -0.25) is 0 Å². The van der Waals surface area contributed by atoms with Crippen LogP contribution in [0.5, 0.6) is 0 Å². The molecule has 3 nitrogen and oxygen atoms in total. The van der Waals surface area contributed by atoms with Gasteiger partial charge in [0, 0.05) is 0 Å². The maximum Gasteiger partial charge on any atom is 0.143 e. The molecule has 70 valence electrons. The van der Waals surface area contributed by atoms with Gasteiger partial charge in [0.1, 0.15) is 23.5 Å². The molecular weight excluding hydrogens is 181 g/mol. The van der Waals surface area contributed by atoms with Crippen molar-refractivity contribution in [3.63, 3.8) is 0 Å². The molecule has 1 atom stereocenters. The van der Waals surface area contributed by atoms with E-state index >= 15 is 0 Å². The molecule has 1 aromatic rings. The van der Waals surface area contributed by atoms with Crippen LogP contribution in [-0.2, 0) is 0 Å². The van der Waals surface area contributed by atoms with E-state index in [0.29, 0.717) is 5.69 Å². The zero-order valence-electron chi connectivity index (χ0n) is 7.58. The molecule has 0 fully saturated rings. The number of nitrogens with zero attached hydrogens (tertiary/aromatic N) is 2. The lowest BCUT2D eigenvalue weighted by Gasteiger charge is -2.09. The van der Waals surface area contributed by atoms with Crippen LogP contribution in [0.3, 0.4) is 0 Å². The fourth-order valence-electron chi connectivity index (χ4n) is 1.02. The maximum atomic E-state index is 13.1. The second-order valence-electron chi connectivity index (χ2n) is 2.77. The summed E-state index contributed by atoms with van der Waals surface area (Å²) in [5, 5.41) is 19.9. The van der Waals surface area contributed by atoms with E-state index in [2.05, 4.69) is 5.32 Å². The minimum absolute atomic E-state index is 0.0606. The molecule has 0 spiro atoms. The minimum atomic E-state index is -0.581. The van der Waals surface area contributed by atoms with E-state index in [1.54, 1.807) is 19.1 Å². The van der Waals surface area contributed by atoms with Gasteiger partial charge in [-0.25, -0.2) is 4.39 Å². The van der Waals surface area contributed by atoms with E-state index in [-0.39, 0.29) is 5.56 Å². The van der Waals surface area contributed by atoms with Crippen LogP contribution >= 0.6 is 0 Å². The molecule has 0 aliphatic rings. The zero-order chi connectivity index (χ0) is 10.6. The van der Waals surface area contributed by atoms with Crippen LogP contribution in [0.15, 0.2) is 18.2 Å². The van der Waals surface area contributed by atoms with Gasteiger partial charge in [0.25, 0.3) is 0 Å².